The van der Waals surface area contributed by atoms with E-state index in [0.717, 1.165) is 13.0 Å². The molecule has 6 N–H and O–H groups in total. The molecule has 1 unspecified atom stereocenters. The molecule has 0 aromatic heterocycles. The number of carbonyl (C=O) groups is 2. The summed E-state index contributed by atoms with van der Waals surface area (Å²) in [6.45, 7) is 1.84. The van der Waals surface area contributed by atoms with Crippen LogP contribution in [0.25, 0.3) is 0 Å². The molecule has 1 rings (SSSR count). The summed E-state index contributed by atoms with van der Waals surface area (Å²) in [5.74, 6) is -4.06. The van der Waals surface area contributed by atoms with E-state index in [-0.39, 0.29) is 11.5 Å². The number of methoxy groups -OCH3 is 1. The van der Waals surface area contributed by atoms with Gasteiger partial charge in [-0.05, 0) is 30.7 Å². The van der Waals surface area contributed by atoms with Gasteiger partial charge in [-0.25, -0.2) is 9.59 Å². The van der Waals surface area contributed by atoms with E-state index in [1.54, 1.807) is 13.2 Å². The van der Waals surface area contributed by atoms with Crippen molar-refractivity contribution in [3.8, 4) is 11.5 Å². The fourth-order valence-electron chi connectivity index (χ4n) is 1.45. The highest BCUT2D eigenvalue weighted by Crippen LogP contribution is 2.27. The van der Waals surface area contributed by atoms with Crippen LogP contribution in [0.2, 0.25) is 0 Å². The van der Waals surface area contributed by atoms with Crippen LogP contribution >= 0.6 is 0 Å². The summed E-state index contributed by atoms with van der Waals surface area (Å²) in [4.78, 5) is 18.2. The van der Waals surface area contributed by atoms with Gasteiger partial charge in [-0.15, -0.1) is 0 Å². The Kier molecular flexibility index (Phi) is 10.1. The smallest absolute Gasteiger partial charge is 0.414 e. The van der Waals surface area contributed by atoms with Gasteiger partial charge in [-0.2, -0.15) is 0 Å². The quantitative estimate of drug-likeness (QED) is 0.228. The summed E-state index contributed by atoms with van der Waals surface area (Å²) in [5, 5.41) is 46.1. The number of phenols is 2. The van der Waals surface area contributed by atoms with Crippen LogP contribution in [0.4, 0.5) is 0 Å². The highest BCUT2D eigenvalue weighted by atomic mass is 16.5. The van der Waals surface area contributed by atoms with Gasteiger partial charge in [0.2, 0.25) is 0 Å². The lowest BCUT2D eigenvalue weighted by atomic mass is 10.1. The third kappa shape index (κ3) is 9.30. The molecule has 0 saturated heterocycles. The SMILES string of the molecule is COCCCNCC(O)c1ccc(O)c(O)c1.O=C(O)C(=O)O. The Morgan fingerprint density at radius 3 is 2.26 bits per heavy atom. The Balaban J connectivity index is 0.000000688. The predicted molar refractivity (Wildman–Crippen MR) is 79.4 cm³/mol. The van der Waals surface area contributed by atoms with Crippen LogP contribution < -0.4 is 5.32 Å². The average Bonchev–Trinajstić information content (AvgIpc) is 2.50. The number of phenolic OH excluding ortho intramolecular Hbond substituents is 2. The molecule has 0 aliphatic rings. The largest absolute Gasteiger partial charge is 0.504 e. The number of rotatable bonds is 7. The van der Waals surface area contributed by atoms with Gasteiger partial charge in [-0.1, -0.05) is 6.07 Å². The molecule has 0 amide bonds. The van der Waals surface area contributed by atoms with E-state index in [9.17, 15) is 10.2 Å². The first-order valence-corrected chi connectivity index (χ1v) is 6.65. The molecule has 9 heteroatoms. The van der Waals surface area contributed by atoms with Crippen LogP contribution in [0, 0.1) is 0 Å². The Morgan fingerprint density at radius 1 is 1.17 bits per heavy atom. The normalized spacial score (nSPS) is 11.2. The molecule has 0 aliphatic carbocycles. The minimum atomic E-state index is -1.82. The number of ether oxygens (including phenoxy) is 1. The van der Waals surface area contributed by atoms with Gasteiger partial charge in [-0.3, -0.25) is 0 Å². The zero-order chi connectivity index (χ0) is 17.8. The van der Waals surface area contributed by atoms with Gasteiger partial charge in [0.05, 0.1) is 6.10 Å². The molecule has 0 saturated carbocycles. The number of hydrogen-bond donors (Lipinski definition) is 6. The van der Waals surface area contributed by atoms with Crippen LogP contribution in [-0.2, 0) is 14.3 Å². The molecule has 0 radical (unpaired) electrons. The van der Waals surface area contributed by atoms with Crippen molar-refractivity contribution in [3.05, 3.63) is 23.8 Å². The first-order valence-electron chi connectivity index (χ1n) is 6.65. The molecule has 1 atom stereocenters. The summed E-state index contributed by atoms with van der Waals surface area (Å²) < 4.78 is 4.90. The third-order valence-electron chi connectivity index (χ3n) is 2.61. The zero-order valence-corrected chi connectivity index (χ0v) is 12.6. The summed E-state index contributed by atoms with van der Waals surface area (Å²) >= 11 is 0. The van der Waals surface area contributed by atoms with E-state index in [0.29, 0.717) is 18.7 Å². The van der Waals surface area contributed by atoms with E-state index >= 15 is 0 Å². The fraction of sp³-hybridized carbons (Fsp3) is 0.429. The van der Waals surface area contributed by atoms with E-state index in [4.69, 9.17) is 29.6 Å². The number of carboxylic acids is 2. The maximum absolute atomic E-state index is 9.81. The van der Waals surface area contributed by atoms with Gasteiger partial charge < -0.3 is 35.6 Å². The lowest BCUT2D eigenvalue weighted by molar-refractivity contribution is -0.159. The minimum Gasteiger partial charge on any atom is -0.504 e. The van der Waals surface area contributed by atoms with E-state index in [1.165, 1.54) is 12.1 Å². The van der Waals surface area contributed by atoms with Crippen molar-refractivity contribution >= 4 is 11.9 Å². The summed E-state index contributed by atoms with van der Waals surface area (Å²) in [6.07, 6.45) is 0.174. The van der Waals surface area contributed by atoms with Crippen molar-refractivity contribution in [2.45, 2.75) is 12.5 Å². The number of aromatic hydroxyl groups is 2. The maximum atomic E-state index is 9.81. The molecule has 0 fully saturated rings. The molecule has 23 heavy (non-hydrogen) atoms. The summed E-state index contributed by atoms with van der Waals surface area (Å²) in [7, 11) is 1.65. The predicted octanol–water partition coefficient (Wildman–Crippen LogP) is -0.0871. The molecule has 9 nitrogen and oxygen atoms in total. The molecule has 0 heterocycles. The van der Waals surface area contributed by atoms with E-state index in [1.807, 2.05) is 0 Å². The van der Waals surface area contributed by atoms with Crippen molar-refractivity contribution in [3.63, 3.8) is 0 Å². The van der Waals surface area contributed by atoms with Crippen molar-refractivity contribution in [2.75, 3.05) is 26.8 Å². The van der Waals surface area contributed by atoms with Crippen LogP contribution in [0.3, 0.4) is 0 Å². The molecule has 1 aromatic rings. The molecule has 130 valence electrons. The molecule has 1 aromatic carbocycles. The van der Waals surface area contributed by atoms with Gasteiger partial charge in [0.25, 0.3) is 0 Å². The lowest BCUT2D eigenvalue weighted by Crippen LogP contribution is -2.23. The molecule has 0 aliphatic heterocycles. The Morgan fingerprint density at radius 2 is 1.78 bits per heavy atom. The summed E-state index contributed by atoms with van der Waals surface area (Å²) in [5.41, 5.74) is 0.569. The topological polar surface area (TPSA) is 157 Å². The molecular weight excluding hydrogens is 310 g/mol. The highest BCUT2D eigenvalue weighted by molar-refractivity contribution is 6.27. The lowest BCUT2D eigenvalue weighted by Gasteiger charge is -2.12. The number of aliphatic carboxylic acids is 2. The van der Waals surface area contributed by atoms with Crippen molar-refractivity contribution in [1.29, 1.82) is 0 Å². The maximum Gasteiger partial charge on any atom is 0.414 e. The minimum absolute atomic E-state index is 0.186. The fourth-order valence-corrected chi connectivity index (χ4v) is 1.45. The zero-order valence-electron chi connectivity index (χ0n) is 12.6. The second kappa shape index (κ2) is 11.2. The van der Waals surface area contributed by atoms with Gasteiger partial charge in [0.1, 0.15) is 0 Å². The number of benzene rings is 1. The van der Waals surface area contributed by atoms with Gasteiger partial charge >= 0.3 is 11.9 Å². The molecule has 0 spiro atoms. The van der Waals surface area contributed by atoms with Crippen LogP contribution in [-0.4, -0.2) is 64.3 Å². The average molecular weight is 331 g/mol. The number of carboxylic acid groups (broad SMARTS) is 2. The first-order chi connectivity index (χ1) is 10.8. The van der Waals surface area contributed by atoms with Crippen LogP contribution in [0.5, 0.6) is 11.5 Å². The van der Waals surface area contributed by atoms with Crippen molar-refractivity contribution < 1.29 is 39.9 Å². The number of aliphatic hydroxyl groups excluding tert-OH is 1. The van der Waals surface area contributed by atoms with Crippen molar-refractivity contribution in [1.82, 2.24) is 5.32 Å². The second-order valence-corrected chi connectivity index (χ2v) is 4.42. The summed E-state index contributed by atoms with van der Waals surface area (Å²) in [6, 6.07) is 4.30. The Hall–Kier alpha value is -2.36. The monoisotopic (exact) mass is 331 g/mol. The van der Waals surface area contributed by atoms with E-state index < -0.39 is 18.0 Å². The van der Waals surface area contributed by atoms with Gasteiger partial charge in [0.15, 0.2) is 11.5 Å². The van der Waals surface area contributed by atoms with Crippen LogP contribution in [0.15, 0.2) is 18.2 Å². The Labute approximate surface area is 132 Å². The van der Waals surface area contributed by atoms with E-state index in [2.05, 4.69) is 5.32 Å². The van der Waals surface area contributed by atoms with Gasteiger partial charge in [0, 0.05) is 20.3 Å². The number of nitrogens with one attached hydrogen (secondary N) is 1. The number of hydrogen-bond acceptors (Lipinski definition) is 7. The molecule has 0 bridgehead atoms. The number of aliphatic hydroxyl groups is 1. The third-order valence-corrected chi connectivity index (χ3v) is 2.61. The van der Waals surface area contributed by atoms with Crippen molar-refractivity contribution in [2.24, 2.45) is 0 Å². The standard InChI is InChI=1S/C12H19NO4.C2H2O4/c1-17-6-2-5-13-8-12(16)9-3-4-10(14)11(15)7-9;3-1(4)2(5)6/h3-4,7,12-16H,2,5-6,8H2,1H3;(H,3,4)(H,5,6). The first kappa shape index (κ1) is 20.6. The van der Waals surface area contributed by atoms with Crippen LogP contribution in [0.1, 0.15) is 18.1 Å². The molecular formula is C14H21NO8. The second-order valence-electron chi connectivity index (χ2n) is 4.42. The Bertz CT molecular complexity index is 494. The highest BCUT2D eigenvalue weighted by Gasteiger charge is 2.09.